The van der Waals surface area contributed by atoms with Gasteiger partial charge in [-0.05, 0) is 30.9 Å². The van der Waals surface area contributed by atoms with Gasteiger partial charge >= 0.3 is 0 Å². The minimum atomic E-state index is -3.59. The Balaban J connectivity index is 2.20. The summed E-state index contributed by atoms with van der Waals surface area (Å²) < 4.78 is 51.6. The summed E-state index contributed by atoms with van der Waals surface area (Å²) in [6.07, 6.45) is 1.74. The zero-order valence-electron chi connectivity index (χ0n) is 8.91. The van der Waals surface area contributed by atoms with Crippen LogP contribution in [0.1, 0.15) is 12.8 Å². The van der Waals surface area contributed by atoms with Crippen molar-refractivity contribution < 1.29 is 17.2 Å². The Kier molecular flexibility index (Phi) is 2.94. The fraction of sp³-hybridized carbons (Fsp3) is 0.400. The highest BCUT2D eigenvalue weighted by molar-refractivity contribution is 7.92. The zero-order valence-corrected chi connectivity index (χ0v) is 9.73. The van der Waals surface area contributed by atoms with Crippen LogP contribution in [0.15, 0.2) is 12.1 Å². The third-order valence-electron chi connectivity index (χ3n) is 2.54. The summed E-state index contributed by atoms with van der Waals surface area (Å²) in [5.41, 5.74) is 4.13. The van der Waals surface area contributed by atoms with Gasteiger partial charge in [-0.2, -0.15) is 0 Å². The Morgan fingerprint density at radius 1 is 1.35 bits per heavy atom. The maximum Gasteiger partial charge on any atom is 0.233 e. The summed E-state index contributed by atoms with van der Waals surface area (Å²) in [5, 5.41) is 0. The molecule has 3 N–H and O–H groups in total. The molecule has 1 aromatic rings. The van der Waals surface area contributed by atoms with E-state index < -0.39 is 27.3 Å². The highest BCUT2D eigenvalue weighted by Gasteiger charge is 2.28. The fourth-order valence-electron chi connectivity index (χ4n) is 1.45. The molecule has 94 valence electrons. The average molecular weight is 262 g/mol. The Morgan fingerprint density at radius 3 is 2.59 bits per heavy atom. The lowest BCUT2D eigenvalue weighted by atomic mass is 10.2. The molecule has 1 saturated carbocycles. The molecule has 0 atom stereocenters. The first-order valence-corrected chi connectivity index (χ1v) is 6.78. The highest BCUT2D eigenvalue weighted by Crippen LogP contribution is 2.31. The number of anilines is 2. The predicted octanol–water partition coefficient (Wildman–Crippen LogP) is 1.70. The van der Waals surface area contributed by atoms with Crippen LogP contribution < -0.4 is 10.5 Å². The molecule has 0 amide bonds. The van der Waals surface area contributed by atoms with E-state index in [1.54, 1.807) is 0 Å². The maximum atomic E-state index is 13.5. The van der Waals surface area contributed by atoms with Crippen molar-refractivity contribution in [2.75, 3.05) is 16.2 Å². The van der Waals surface area contributed by atoms with Crippen molar-refractivity contribution in [2.45, 2.75) is 12.8 Å². The smallest absolute Gasteiger partial charge is 0.233 e. The quantitative estimate of drug-likeness (QED) is 0.811. The summed E-state index contributed by atoms with van der Waals surface area (Å²) in [6.45, 7) is 0. The second-order valence-electron chi connectivity index (χ2n) is 4.15. The molecule has 1 aliphatic rings. The van der Waals surface area contributed by atoms with E-state index in [1.165, 1.54) is 0 Å². The van der Waals surface area contributed by atoms with Crippen LogP contribution in [0.5, 0.6) is 0 Å². The van der Waals surface area contributed by atoms with Gasteiger partial charge in [-0.3, -0.25) is 4.72 Å². The first-order chi connectivity index (χ1) is 7.89. The van der Waals surface area contributed by atoms with Crippen molar-refractivity contribution >= 4 is 21.4 Å². The van der Waals surface area contributed by atoms with Crippen LogP contribution in [0.3, 0.4) is 0 Å². The Hall–Kier alpha value is -1.37. The van der Waals surface area contributed by atoms with Crippen molar-refractivity contribution in [3.8, 4) is 0 Å². The topological polar surface area (TPSA) is 72.2 Å². The minimum Gasteiger partial charge on any atom is -0.394 e. The molecule has 1 fully saturated rings. The molecule has 0 heterocycles. The van der Waals surface area contributed by atoms with Gasteiger partial charge < -0.3 is 5.73 Å². The number of nitrogens with one attached hydrogen (secondary N) is 1. The predicted molar refractivity (Wildman–Crippen MR) is 60.9 cm³/mol. The van der Waals surface area contributed by atoms with Crippen LogP contribution >= 0.6 is 0 Å². The first kappa shape index (κ1) is 12.1. The van der Waals surface area contributed by atoms with Gasteiger partial charge in [0, 0.05) is 0 Å². The highest BCUT2D eigenvalue weighted by atomic mass is 32.2. The molecule has 0 aromatic heterocycles. The van der Waals surface area contributed by atoms with Crippen molar-refractivity contribution in [2.24, 2.45) is 5.92 Å². The summed E-state index contributed by atoms with van der Waals surface area (Å²) in [6, 6.07) is 1.94. The molecule has 0 bridgehead atoms. The van der Waals surface area contributed by atoms with E-state index in [0.29, 0.717) is 0 Å². The van der Waals surface area contributed by atoms with Gasteiger partial charge in [-0.25, -0.2) is 17.2 Å². The Labute approximate surface area is 97.9 Å². The van der Waals surface area contributed by atoms with E-state index >= 15 is 0 Å². The normalized spacial score (nSPS) is 15.9. The number of hydrogen-bond donors (Lipinski definition) is 2. The first-order valence-electron chi connectivity index (χ1n) is 5.13. The van der Waals surface area contributed by atoms with Gasteiger partial charge in [0.15, 0.2) is 5.82 Å². The number of benzene rings is 1. The minimum absolute atomic E-state index is 0.0380. The molecule has 4 nitrogen and oxygen atoms in total. The van der Waals surface area contributed by atoms with Gasteiger partial charge in [0.2, 0.25) is 10.0 Å². The second kappa shape index (κ2) is 4.14. The number of hydrogen-bond acceptors (Lipinski definition) is 3. The van der Waals surface area contributed by atoms with Crippen LogP contribution in [0.4, 0.5) is 20.2 Å². The lowest BCUT2D eigenvalue weighted by Crippen LogP contribution is -2.19. The van der Waals surface area contributed by atoms with E-state index in [0.717, 1.165) is 25.0 Å². The molecular formula is C10H12F2N2O2S. The maximum absolute atomic E-state index is 13.5. The lowest BCUT2D eigenvalue weighted by molar-refractivity contribution is 0.588. The van der Waals surface area contributed by atoms with E-state index in [2.05, 4.69) is 4.72 Å². The van der Waals surface area contributed by atoms with Crippen LogP contribution in [0.25, 0.3) is 0 Å². The lowest BCUT2D eigenvalue weighted by Gasteiger charge is -2.09. The monoisotopic (exact) mass is 262 g/mol. The van der Waals surface area contributed by atoms with E-state index in [1.807, 2.05) is 0 Å². The SMILES string of the molecule is Nc1c(F)ccc(NS(=O)(=O)CC2CC2)c1F. The molecule has 2 rings (SSSR count). The van der Waals surface area contributed by atoms with Gasteiger partial charge in [0.1, 0.15) is 11.5 Å². The number of sulfonamides is 1. The number of nitrogens with two attached hydrogens (primary N) is 1. The van der Waals surface area contributed by atoms with Crippen molar-refractivity contribution in [3.05, 3.63) is 23.8 Å². The number of nitrogen functional groups attached to an aromatic ring is 1. The second-order valence-corrected chi connectivity index (χ2v) is 5.92. The molecule has 0 saturated heterocycles. The summed E-state index contributed by atoms with van der Waals surface area (Å²) in [5.74, 6) is -1.88. The standard InChI is InChI=1S/C10H12F2N2O2S/c11-7-3-4-8(9(12)10(7)13)14-17(15,16)5-6-1-2-6/h3-4,6,14H,1-2,5,13H2. The largest absolute Gasteiger partial charge is 0.394 e. The van der Waals surface area contributed by atoms with Crippen molar-refractivity contribution in [3.63, 3.8) is 0 Å². The van der Waals surface area contributed by atoms with Gasteiger partial charge in [-0.1, -0.05) is 0 Å². The molecule has 0 unspecified atom stereocenters. The molecule has 0 aliphatic heterocycles. The van der Waals surface area contributed by atoms with Crippen LogP contribution in [0, 0.1) is 17.6 Å². The van der Waals surface area contributed by atoms with Gasteiger partial charge in [0.05, 0.1) is 11.4 Å². The van der Waals surface area contributed by atoms with Crippen LogP contribution in [-0.4, -0.2) is 14.2 Å². The summed E-state index contributed by atoms with van der Waals surface area (Å²) in [4.78, 5) is 0. The fourth-order valence-corrected chi connectivity index (χ4v) is 2.98. The zero-order chi connectivity index (χ0) is 12.6. The van der Waals surface area contributed by atoms with Crippen molar-refractivity contribution in [1.29, 1.82) is 0 Å². The molecule has 7 heteroatoms. The van der Waals surface area contributed by atoms with Gasteiger partial charge in [-0.15, -0.1) is 0 Å². The van der Waals surface area contributed by atoms with E-state index in [9.17, 15) is 17.2 Å². The average Bonchev–Trinajstić information content (AvgIpc) is 3.02. The molecule has 1 aliphatic carbocycles. The summed E-state index contributed by atoms with van der Waals surface area (Å²) >= 11 is 0. The molecule has 17 heavy (non-hydrogen) atoms. The van der Waals surface area contributed by atoms with Crippen LogP contribution in [0.2, 0.25) is 0 Å². The molecule has 0 spiro atoms. The molecule has 0 radical (unpaired) electrons. The number of halogens is 2. The number of rotatable bonds is 4. The van der Waals surface area contributed by atoms with E-state index in [4.69, 9.17) is 5.73 Å². The Bertz CT molecular complexity index is 541. The Morgan fingerprint density at radius 2 is 2.00 bits per heavy atom. The van der Waals surface area contributed by atoms with Gasteiger partial charge in [0.25, 0.3) is 0 Å². The van der Waals surface area contributed by atoms with Crippen molar-refractivity contribution in [1.82, 2.24) is 0 Å². The van der Waals surface area contributed by atoms with E-state index in [-0.39, 0.29) is 17.4 Å². The van der Waals surface area contributed by atoms with Crippen LogP contribution in [-0.2, 0) is 10.0 Å². The third-order valence-corrected chi connectivity index (χ3v) is 3.99. The molecular weight excluding hydrogens is 250 g/mol. The molecule has 1 aromatic carbocycles. The third kappa shape index (κ3) is 2.85. The summed E-state index contributed by atoms with van der Waals surface area (Å²) in [7, 11) is -3.59.